The van der Waals surface area contributed by atoms with Crippen LogP contribution >= 0.6 is 0 Å². The van der Waals surface area contributed by atoms with E-state index in [1.807, 2.05) is 59.1 Å². The number of rotatable bonds is 3. The lowest BCUT2D eigenvalue weighted by Crippen LogP contribution is -2.40. The van der Waals surface area contributed by atoms with Crippen LogP contribution in [0.5, 0.6) is 0 Å². The van der Waals surface area contributed by atoms with Crippen molar-refractivity contribution < 1.29 is 4.79 Å². The number of carbonyl (C=O) groups excluding carboxylic acids is 1. The summed E-state index contributed by atoms with van der Waals surface area (Å²) in [6.45, 7) is 1.51. The second-order valence-electron chi connectivity index (χ2n) is 7.80. The molecule has 1 aliphatic rings. The fourth-order valence-electron chi connectivity index (χ4n) is 4.51. The molecule has 0 bridgehead atoms. The monoisotopic (exact) mass is 384 g/mol. The number of benzene rings is 2. The lowest BCUT2D eigenvalue weighted by atomic mass is 9.90. The third-order valence-corrected chi connectivity index (χ3v) is 6.04. The first-order valence-electron chi connectivity index (χ1n) is 10.1. The molecule has 4 aromatic rings. The van der Waals surface area contributed by atoms with E-state index in [0.29, 0.717) is 6.54 Å². The maximum absolute atomic E-state index is 13.3. The molecule has 1 saturated heterocycles. The van der Waals surface area contributed by atoms with Gasteiger partial charge in [0.2, 0.25) is 0 Å². The van der Waals surface area contributed by atoms with Gasteiger partial charge in [-0.15, -0.1) is 0 Å². The summed E-state index contributed by atoms with van der Waals surface area (Å²) in [5, 5.41) is 8.63. The molecule has 2 aromatic carbocycles. The summed E-state index contributed by atoms with van der Waals surface area (Å²) in [5.74, 6) is 0.370. The molecule has 146 valence electrons. The number of fused-ring (bicyclic) bond motifs is 1. The largest absolute Gasteiger partial charge is 0.340 e. The van der Waals surface area contributed by atoms with E-state index in [1.54, 1.807) is 0 Å². The van der Waals surface area contributed by atoms with Gasteiger partial charge in [-0.1, -0.05) is 48.5 Å². The number of hydrogen-bond acceptors (Lipinski definition) is 2. The minimum Gasteiger partial charge on any atom is -0.340 e. The zero-order valence-corrected chi connectivity index (χ0v) is 16.5. The van der Waals surface area contributed by atoms with Crippen LogP contribution in [0.3, 0.4) is 0 Å². The molecule has 0 saturated carbocycles. The normalized spacial score (nSPS) is 17.0. The molecule has 5 rings (SSSR count). The Morgan fingerprint density at radius 3 is 2.72 bits per heavy atom. The van der Waals surface area contributed by atoms with Crippen molar-refractivity contribution in [2.45, 2.75) is 18.8 Å². The Morgan fingerprint density at radius 2 is 1.90 bits per heavy atom. The molecule has 1 N–H and O–H groups in total. The van der Waals surface area contributed by atoms with Gasteiger partial charge < -0.3 is 9.47 Å². The van der Waals surface area contributed by atoms with Crippen LogP contribution in [0, 0.1) is 0 Å². The van der Waals surface area contributed by atoms with Crippen LogP contribution < -0.4 is 0 Å². The van der Waals surface area contributed by atoms with E-state index in [-0.39, 0.29) is 11.8 Å². The molecule has 0 spiro atoms. The molecule has 1 amide bonds. The van der Waals surface area contributed by atoms with Crippen molar-refractivity contribution in [3.05, 3.63) is 78.2 Å². The van der Waals surface area contributed by atoms with Crippen LogP contribution in [-0.4, -0.2) is 38.7 Å². The molecule has 2 aromatic heterocycles. The van der Waals surface area contributed by atoms with Gasteiger partial charge in [-0.05, 0) is 30.5 Å². The van der Waals surface area contributed by atoms with Gasteiger partial charge in [0.25, 0.3) is 5.91 Å². The van der Waals surface area contributed by atoms with Gasteiger partial charge >= 0.3 is 0 Å². The SMILES string of the molecule is Cn1c(C(=O)N2CCC[C@H](c3[nH]ncc3-c3ccccc3)C2)cc2ccccc21. The minimum absolute atomic E-state index is 0.106. The number of hydrogen-bond donors (Lipinski definition) is 1. The van der Waals surface area contributed by atoms with Crippen LogP contribution in [0.25, 0.3) is 22.0 Å². The van der Waals surface area contributed by atoms with E-state index in [1.165, 1.54) is 0 Å². The Balaban J connectivity index is 1.42. The van der Waals surface area contributed by atoms with Gasteiger partial charge in [-0.25, -0.2) is 0 Å². The quantitative estimate of drug-likeness (QED) is 0.562. The first-order valence-corrected chi connectivity index (χ1v) is 10.1. The fourth-order valence-corrected chi connectivity index (χ4v) is 4.51. The van der Waals surface area contributed by atoms with Gasteiger partial charge in [0, 0.05) is 48.2 Å². The summed E-state index contributed by atoms with van der Waals surface area (Å²) in [6, 6.07) is 20.5. The maximum atomic E-state index is 13.3. The molecule has 0 aliphatic carbocycles. The van der Waals surface area contributed by atoms with Crippen molar-refractivity contribution >= 4 is 16.8 Å². The lowest BCUT2D eigenvalue weighted by Gasteiger charge is -2.33. The third kappa shape index (κ3) is 3.12. The number of aryl methyl sites for hydroxylation is 1. The molecule has 5 heteroatoms. The molecule has 29 heavy (non-hydrogen) atoms. The zero-order chi connectivity index (χ0) is 19.8. The van der Waals surface area contributed by atoms with Crippen molar-refractivity contribution in [1.29, 1.82) is 0 Å². The van der Waals surface area contributed by atoms with Crippen molar-refractivity contribution in [3.8, 4) is 11.1 Å². The van der Waals surface area contributed by atoms with Gasteiger partial charge in [0.15, 0.2) is 0 Å². The highest BCUT2D eigenvalue weighted by molar-refractivity contribution is 5.98. The number of aromatic nitrogens is 3. The van der Waals surface area contributed by atoms with Crippen LogP contribution in [0.4, 0.5) is 0 Å². The van der Waals surface area contributed by atoms with Gasteiger partial charge in [-0.2, -0.15) is 5.10 Å². The molecule has 0 unspecified atom stereocenters. The number of nitrogens with one attached hydrogen (secondary N) is 1. The first-order chi connectivity index (χ1) is 14.2. The van der Waals surface area contributed by atoms with Crippen LogP contribution in [0.15, 0.2) is 66.9 Å². The van der Waals surface area contributed by atoms with E-state index in [4.69, 9.17) is 0 Å². The summed E-state index contributed by atoms with van der Waals surface area (Å²) >= 11 is 0. The molecular formula is C24H24N4O. The summed E-state index contributed by atoms with van der Waals surface area (Å²) in [7, 11) is 1.97. The predicted molar refractivity (Wildman–Crippen MR) is 115 cm³/mol. The Morgan fingerprint density at radius 1 is 1.10 bits per heavy atom. The summed E-state index contributed by atoms with van der Waals surface area (Å²) in [6.07, 6.45) is 3.95. The number of aromatic amines is 1. The van der Waals surface area contributed by atoms with E-state index >= 15 is 0 Å². The topological polar surface area (TPSA) is 53.9 Å². The average Bonchev–Trinajstić information content (AvgIpc) is 3.39. The number of para-hydroxylation sites is 1. The van der Waals surface area contributed by atoms with E-state index < -0.39 is 0 Å². The summed E-state index contributed by atoms with van der Waals surface area (Å²) in [4.78, 5) is 15.3. The van der Waals surface area contributed by atoms with Crippen LogP contribution in [-0.2, 0) is 7.05 Å². The highest BCUT2D eigenvalue weighted by atomic mass is 16.2. The molecular weight excluding hydrogens is 360 g/mol. The number of nitrogens with zero attached hydrogens (tertiary/aromatic N) is 3. The number of H-pyrrole nitrogens is 1. The Kier molecular flexibility index (Phi) is 4.43. The molecule has 0 radical (unpaired) electrons. The summed E-state index contributed by atoms with van der Waals surface area (Å²) in [5.41, 5.74) is 5.26. The Bertz CT molecular complexity index is 1160. The average molecular weight is 384 g/mol. The standard InChI is InChI=1S/C24H24N4O/c1-27-21-12-6-5-10-18(21)14-22(27)24(29)28-13-7-11-19(16-28)23-20(15-25-26-23)17-8-3-2-4-9-17/h2-6,8-10,12,14-15,19H,7,11,13,16H2,1H3,(H,25,26)/t19-/m0/s1. The van der Waals surface area contributed by atoms with Crippen molar-refractivity contribution in [3.63, 3.8) is 0 Å². The summed E-state index contributed by atoms with van der Waals surface area (Å²) < 4.78 is 2.01. The number of carbonyl (C=O) groups is 1. The molecule has 1 atom stereocenters. The lowest BCUT2D eigenvalue weighted by molar-refractivity contribution is 0.0697. The van der Waals surface area contributed by atoms with E-state index in [0.717, 1.165) is 52.8 Å². The number of piperidine rings is 1. The zero-order valence-electron chi connectivity index (χ0n) is 16.5. The first kappa shape index (κ1) is 17.7. The van der Waals surface area contributed by atoms with Crippen molar-refractivity contribution in [1.82, 2.24) is 19.7 Å². The minimum atomic E-state index is 0.106. The second kappa shape index (κ2) is 7.24. The number of amides is 1. The maximum Gasteiger partial charge on any atom is 0.270 e. The van der Waals surface area contributed by atoms with Gasteiger partial charge in [-0.3, -0.25) is 9.89 Å². The second-order valence-corrected chi connectivity index (χ2v) is 7.80. The van der Waals surface area contributed by atoms with Gasteiger partial charge in [0.1, 0.15) is 5.69 Å². The van der Waals surface area contributed by atoms with Crippen LogP contribution in [0.1, 0.15) is 34.9 Å². The fraction of sp³-hybridized carbons (Fsp3) is 0.250. The Labute approximate surface area is 170 Å². The van der Waals surface area contributed by atoms with Crippen molar-refractivity contribution in [2.24, 2.45) is 7.05 Å². The smallest absolute Gasteiger partial charge is 0.270 e. The third-order valence-electron chi connectivity index (χ3n) is 6.04. The molecule has 1 fully saturated rings. The van der Waals surface area contributed by atoms with Crippen LogP contribution in [0.2, 0.25) is 0 Å². The molecule has 5 nitrogen and oxygen atoms in total. The predicted octanol–water partition coefficient (Wildman–Crippen LogP) is 4.59. The highest BCUT2D eigenvalue weighted by Gasteiger charge is 2.29. The highest BCUT2D eigenvalue weighted by Crippen LogP contribution is 2.33. The Hall–Kier alpha value is -3.34. The molecule has 3 heterocycles. The number of likely N-dealkylation sites (tertiary alicyclic amines) is 1. The van der Waals surface area contributed by atoms with E-state index in [9.17, 15) is 4.79 Å². The van der Waals surface area contributed by atoms with E-state index in [2.05, 4.69) is 34.5 Å². The van der Waals surface area contributed by atoms with Gasteiger partial charge in [0.05, 0.1) is 6.20 Å². The molecule has 1 aliphatic heterocycles. The van der Waals surface area contributed by atoms with Crippen molar-refractivity contribution in [2.75, 3.05) is 13.1 Å².